The van der Waals surface area contributed by atoms with Gasteiger partial charge in [0.2, 0.25) is 0 Å². The molecule has 24 nitrogen and oxygen atoms in total. The first kappa shape index (κ1) is 84.7. The van der Waals surface area contributed by atoms with E-state index in [1.165, 1.54) is 67.7 Å². The molecule has 4 aliphatic rings. The zero-order valence-electron chi connectivity index (χ0n) is 63.2. The van der Waals surface area contributed by atoms with E-state index in [1.807, 2.05) is 66.7 Å². The number of halogens is 2. The van der Waals surface area contributed by atoms with Crippen molar-refractivity contribution in [2.24, 2.45) is 11.8 Å². The van der Waals surface area contributed by atoms with Crippen LogP contribution in [0, 0.1) is 11.8 Å². The zero-order chi connectivity index (χ0) is 77.0. The molecule has 1 N–H and O–H groups in total. The van der Waals surface area contributed by atoms with E-state index in [4.69, 9.17) is 47.7 Å². The minimum Gasteiger partial charge on any atom is -0.479 e. The molecule has 104 heavy (non-hydrogen) atoms. The molecule has 0 bridgehead atoms. The van der Waals surface area contributed by atoms with E-state index in [0.717, 1.165) is 82.8 Å². The maximum atomic E-state index is 15.2. The van der Waals surface area contributed by atoms with Crippen LogP contribution < -0.4 is 0 Å². The number of carboxylic acids is 1. The van der Waals surface area contributed by atoms with Gasteiger partial charge in [0.25, 0.3) is 11.8 Å². The number of carboxylic acid groups (broad SMARTS) is 1. The Bertz CT molecular complexity index is 3350. The molecule has 2 saturated carbocycles. The number of hydrogen-bond donors (Lipinski definition) is 1. The lowest BCUT2D eigenvalue weighted by molar-refractivity contribution is -0.174. The highest BCUT2D eigenvalue weighted by atomic mass is 19.1. The first-order chi connectivity index (χ1) is 48.6. The summed E-state index contributed by atoms with van der Waals surface area (Å²) in [5.41, 5.74) is -1.24. The second kappa shape index (κ2) is 38.1. The predicted octanol–water partition coefficient (Wildman–Crippen LogP) is 11.4. The molecular formula is C78H110F2N4O20. The van der Waals surface area contributed by atoms with Gasteiger partial charge in [-0.1, -0.05) is 105 Å². The topological polar surface area (TPSA) is 287 Å². The van der Waals surface area contributed by atoms with Gasteiger partial charge in [-0.2, -0.15) is 0 Å². The van der Waals surface area contributed by atoms with Crippen molar-refractivity contribution in [3.63, 3.8) is 0 Å². The summed E-state index contributed by atoms with van der Waals surface area (Å²) in [6, 6.07) is 19.3. The largest absolute Gasteiger partial charge is 0.479 e. The number of amides is 4. The summed E-state index contributed by atoms with van der Waals surface area (Å²) < 4.78 is 79.7. The lowest BCUT2D eigenvalue weighted by Gasteiger charge is -2.34. The van der Waals surface area contributed by atoms with Crippen molar-refractivity contribution < 1.29 is 104 Å². The van der Waals surface area contributed by atoms with Crippen LogP contribution in [0.1, 0.15) is 193 Å². The number of hydrogen-bond acceptors (Lipinski definition) is 19. The van der Waals surface area contributed by atoms with Crippen LogP contribution in [0.3, 0.4) is 0 Å². The molecule has 26 heteroatoms. The van der Waals surface area contributed by atoms with Gasteiger partial charge in [0.05, 0.1) is 0 Å². The summed E-state index contributed by atoms with van der Waals surface area (Å²) in [6.07, 6.45) is 0.531. The predicted molar refractivity (Wildman–Crippen MR) is 379 cm³/mol. The molecular weight excluding hydrogens is 1350 g/mol. The fourth-order valence-electron chi connectivity index (χ4n) is 12.0. The van der Waals surface area contributed by atoms with Crippen LogP contribution >= 0.6 is 0 Å². The molecule has 0 radical (unpaired) electrons. The lowest BCUT2D eigenvalue weighted by Crippen LogP contribution is -2.52. The van der Waals surface area contributed by atoms with Crippen molar-refractivity contribution in [3.05, 3.63) is 107 Å². The molecule has 7 atom stereocenters. The fourth-order valence-corrected chi connectivity index (χ4v) is 12.0. The highest BCUT2D eigenvalue weighted by Gasteiger charge is 2.45. The number of nitrogens with zero attached hydrogens (tertiary/aromatic N) is 4. The highest BCUT2D eigenvalue weighted by Crippen LogP contribution is 2.37. The van der Waals surface area contributed by atoms with E-state index in [-0.39, 0.29) is 44.1 Å². The molecule has 4 amide bonds. The second-order valence-corrected chi connectivity index (χ2v) is 31.0. The Morgan fingerprint density at radius 2 is 0.827 bits per heavy atom. The van der Waals surface area contributed by atoms with Crippen LogP contribution in [-0.2, 0) is 100 Å². The van der Waals surface area contributed by atoms with Crippen molar-refractivity contribution in [2.45, 2.75) is 250 Å². The van der Waals surface area contributed by atoms with Crippen LogP contribution in [0.25, 0.3) is 0 Å². The summed E-state index contributed by atoms with van der Waals surface area (Å²) >= 11 is 0. The monoisotopic (exact) mass is 1460 g/mol. The Morgan fingerprint density at radius 1 is 0.462 bits per heavy atom. The smallest absolute Gasteiger partial charge is 0.410 e. The third-order valence-corrected chi connectivity index (χ3v) is 18.3. The van der Waals surface area contributed by atoms with Crippen molar-refractivity contribution in [2.75, 3.05) is 61.2 Å². The third-order valence-electron chi connectivity index (χ3n) is 18.3. The number of benzene rings is 3. The van der Waals surface area contributed by atoms with Gasteiger partial charge in [-0.25, -0.2) is 47.1 Å². The Kier molecular flexibility index (Phi) is 31.1. The molecule has 4 fully saturated rings. The summed E-state index contributed by atoms with van der Waals surface area (Å²) in [4.78, 5) is 137. The number of esters is 5. The average molecular weight is 1460 g/mol. The Labute approximate surface area is 610 Å². The van der Waals surface area contributed by atoms with Crippen molar-refractivity contribution in [3.8, 4) is 0 Å². The molecule has 0 unspecified atom stereocenters. The van der Waals surface area contributed by atoms with E-state index in [9.17, 15) is 47.9 Å². The summed E-state index contributed by atoms with van der Waals surface area (Å²) in [7, 11) is 5.42. The van der Waals surface area contributed by atoms with Crippen LogP contribution in [0.4, 0.5) is 18.4 Å². The molecule has 3 aromatic carbocycles. The van der Waals surface area contributed by atoms with E-state index in [2.05, 4.69) is 0 Å². The van der Waals surface area contributed by atoms with Gasteiger partial charge in [0.1, 0.15) is 53.3 Å². The molecule has 2 aliphatic carbocycles. The first-order valence-electron chi connectivity index (χ1n) is 36.0. The maximum absolute atomic E-state index is 15.2. The van der Waals surface area contributed by atoms with E-state index in [1.54, 1.807) is 53.7 Å². The molecule has 7 rings (SSSR count). The van der Waals surface area contributed by atoms with Crippen LogP contribution in [0.2, 0.25) is 0 Å². The number of carbonyl (C=O) groups excluding carboxylic acids is 9. The zero-order valence-corrected chi connectivity index (χ0v) is 63.2. The van der Waals surface area contributed by atoms with Crippen molar-refractivity contribution in [1.82, 2.24) is 19.6 Å². The van der Waals surface area contributed by atoms with Gasteiger partial charge in [-0.3, -0.25) is 19.4 Å². The van der Waals surface area contributed by atoms with Crippen molar-refractivity contribution >= 4 is 59.8 Å². The number of aliphatic carboxylic acids is 1. The molecule has 2 saturated heterocycles. The fraction of sp³-hybridized carbons (Fsp3) is 0.641. The molecule has 3 aromatic rings. The summed E-state index contributed by atoms with van der Waals surface area (Å²) in [5.74, 6) is -6.25. The van der Waals surface area contributed by atoms with Crippen LogP contribution in [0.5, 0.6) is 0 Å². The Morgan fingerprint density at radius 3 is 1.17 bits per heavy atom. The Hall–Kier alpha value is -8.26. The lowest BCUT2D eigenvalue weighted by atomic mass is 9.90. The number of likely N-dealkylation sites (N-methyl/N-ethyl adjacent to an activating group) is 4. The first-order valence-corrected chi connectivity index (χ1v) is 36.0. The standard InChI is InChI=1S/C43H59FN2O10.C35H51FN2O10/c1-28(38(48)53-27-31-12-10-9-11-13-31)54-39(49)34(24-29-14-15-29)45(7)37(47)36(25-30-16-18-32(19-17-30)33-20-22-52-23-21-33)55-40(50)35(26-43(5,6)44)46(8)41(51)56-42(2,3)4;1-34(2,3)48-33(44)38(7)27(20-35(4,5)36)32(43)47-28(19-23-10-12-24(13-11-23)25-14-16-45-17-15-25)30(41)37(6)26(18-22-8-9-22)31(42)46-21-29(39)40/h9-13,16-19,28-29,33-36H,14-15,20-27H2,1-8H3;10-13,22,25-28H,8-9,14-21H2,1-7H3,(H,39,40)/t28-,34+,35+,36-;26-,27-,28+/m10/s1. The van der Waals surface area contributed by atoms with Crippen molar-refractivity contribution in [1.29, 1.82) is 0 Å². The highest BCUT2D eigenvalue weighted by molar-refractivity contribution is 5.92. The van der Waals surface area contributed by atoms with Gasteiger partial charge in [0, 0.05) is 80.3 Å². The number of carbonyl (C=O) groups is 10. The van der Waals surface area contributed by atoms with Crippen LogP contribution in [-0.4, -0.2) is 211 Å². The third kappa shape index (κ3) is 28.7. The van der Waals surface area contributed by atoms with E-state index < -0.39 is 144 Å². The van der Waals surface area contributed by atoms with Gasteiger partial charge in [0.15, 0.2) is 24.9 Å². The molecule has 2 heterocycles. The molecule has 0 aromatic heterocycles. The quantitative estimate of drug-likeness (QED) is 0.0449. The summed E-state index contributed by atoms with van der Waals surface area (Å²) in [6.45, 7) is 18.3. The van der Waals surface area contributed by atoms with Gasteiger partial charge in [-0.05, 0) is 166 Å². The normalized spacial score (nSPS) is 17.2. The van der Waals surface area contributed by atoms with Gasteiger partial charge >= 0.3 is 48.0 Å². The van der Waals surface area contributed by atoms with E-state index >= 15 is 8.78 Å². The number of ether oxygens (including phenoxy) is 9. The minimum atomic E-state index is -1.91. The van der Waals surface area contributed by atoms with Gasteiger partial charge in [-0.15, -0.1) is 0 Å². The molecule has 2 aliphatic heterocycles. The van der Waals surface area contributed by atoms with Gasteiger partial charge < -0.3 is 57.5 Å². The van der Waals surface area contributed by atoms with Crippen LogP contribution in [0.15, 0.2) is 78.9 Å². The second-order valence-electron chi connectivity index (χ2n) is 31.0. The minimum absolute atomic E-state index is 0.00173. The van der Waals surface area contributed by atoms with E-state index in [0.29, 0.717) is 49.4 Å². The number of alkyl halides is 2. The summed E-state index contributed by atoms with van der Waals surface area (Å²) in [5, 5.41) is 9.03. The SMILES string of the molecule is CN(C(=O)OC(C)(C)C)[C@@H](CC(C)(C)F)C(=O)O[C@H](Cc1ccc(C2CCOCC2)cc1)C(=O)N(C)[C@@H](CC1CC1)C(=O)OCC(=O)O.C[C@@H](OC(=O)[C@H](CC1CC1)N(C)C(=O)[C@@H](Cc1ccc(C2CCOCC2)cc1)OC(=O)[C@H](CC(C)(C)F)N(C)C(=O)OC(C)(C)C)C(=O)OCc1ccccc1. The average Bonchev–Trinajstić information content (AvgIpc) is 0.853. The molecule has 576 valence electrons. The number of rotatable bonds is 32. The Balaban J connectivity index is 0.000000330. The molecule has 0 spiro atoms. The maximum Gasteiger partial charge on any atom is 0.410 e.